The summed E-state index contributed by atoms with van der Waals surface area (Å²) in [6.07, 6.45) is 10.3. The van der Waals surface area contributed by atoms with Gasteiger partial charge >= 0.3 is 0 Å². The van der Waals surface area contributed by atoms with Crippen molar-refractivity contribution in [3.8, 4) is 0 Å². The summed E-state index contributed by atoms with van der Waals surface area (Å²) in [4.78, 5) is 7.15. The predicted molar refractivity (Wildman–Crippen MR) is 113 cm³/mol. The lowest BCUT2D eigenvalue weighted by atomic mass is 9.99. The van der Waals surface area contributed by atoms with Gasteiger partial charge in [0.15, 0.2) is 0 Å². The zero-order chi connectivity index (χ0) is 17.9. The van der Waals surface area contributed by atoms with Crippen molar-refractivity contribution in [1.29, 1.82) is 0 Å². The Bertz CT molecular complexity index is 944. The molecule has 2 heteroatoms. The lowest BCUT2D eigenvalue weighted by molar-refractivity contribution is 0.577. The normalized spacial score (nSPS) is 15.1. The summed E-state index contributed by atoms with van der Waals surface area (Å²) in [6, 6.07) is 15.2. The van der Waals surface area contributed by atoms with Crippen molar-refractivity contribution in [2.45, 2.75) is 33.1 Å². The molecule has 3 aromatic rings. The third-order valence-corrected chi connectivity index (χ3v) is 5.37. The Hall–Kier alpha value is -2.61. The molecule has 4 rings (SSSR count). The monoisotopic (exact) mass is 342 g/mol. The Morgan fingerprint density at radius 2 is 1.65 bits per heavy atom. The molecular weight excluding hydrogens is 316 g/mol. The Morgan fingerprint density at radius 1 is 0.885 bits per heavy atom. The van der Waals surface area contributed by atoms with E-state index in [0.717, 1.165) is 18.8 Å². The van der Waals surface area contributed by atoms with Gasteiger partial charge in [-0.15, -0.1) is 0 Å². The first kappa shape index (κ1) is 16.8. The highest BCUT2D eigenvalue weighted by Crippen LogP contribution is 2.26. The van der Waals surface area contributed by atoms with Crippen molar-refractivity contribution < 1.29 is 0 Å². The van der Waals surface area contributed by atoms with E-state index in [0.29, 0.717) is 0 Å². The maximum atomic E-state index is 4.64. The van der Waals surface area contributed by atoms with Crippen LogP contribution in [0.15, 0.2) is 48.7 Å². The molecule has 0 unspecified atom stereocenters. The van der Waals surface area contributed by atoms with E-state index in [2.05, 4.69) is 78.3 Å². The van der Waals surface area contributed by atoms with Gasteiger partial charge in [-0.05, 0) is 72.7 Å². The highest BCUT2D eigenvalue weighted by Gasteiger charge is 2.13. The lowest BCUT2D eigenvalue weighted by Gasteiger charge is -2.30. The average molecular weight is 342 g/mol. The van der Waals surface area contributed by atoms with Crippen LogP contribution >= 0.6 is 0 Å². The summed E-state index contributed by atoms with van der Waals surface area (Å²) in [5.41, 5.74) is 6.20. The number of aromatic nitrogens is 1. The fourth-order valence-electron chi connectivity index (χ4n) is 3.97. The van der Waals surface area contributed by atoms with E-state index in [4.69, 9.17) is 0 Å². The van der Waals surface area contributed by atoms with Gasteiger partial charge in [-0.25, -0.2) is 0 Å². The number of benzene rings is 2. The smallest absolute Gasteiger partial charge is 0.0650 e. The molecule has 1 saturated heterocycles. The molecule has 26 heavy (non-hydrogen) atoms. The van der Waals surface area contributed by atoms with E-state index < -0.39 is 0 Å². The second kappa shape index (κ2) is 7.33. The molecule has 1 fully saturated rings. The molecule has 1 aliphatic heterocycles. The number of aryl methyl sites for hydroxylation is 2. The van der Waals surface area contributed by atoms with Crippen LogP contribution < -0.4 is 4.90 Å². The molecule has 2 nitrogen and oxygen atoms in total. The van der Waals surface area contributed by atoms with Crippen molar-refractivity contribution in [3.63, 3.8) is 0 Å². The van der Waals surface area contributed by atoms with Gasteiger partial charge in [0.1, 0.15) is 0 Å². The molecule has 132 valence electrons. The number of anilines is 1. The van der Waals surface area contributed by atoms with E-state index >= 15 is 0 Å². The average Bonchev–Trinajstić information content (AvgIpc) is 2.68. The maximum Gasteiger partial charge on any atom is 0.0650 e. The third kappa shape index (κ3) is 3.37. The Balaban J connectivity index is 1.67. The van der Waals surface area contributed by atoms with Gasteiger partial charge in [-0.3, -0.25) is 4.98 Å². The molecule has 1 aromatic heterocycles. The summed E-state index contributed by atoms with van der Waals surface area (Å²) in [7, 11) is 0. The van der Waals surface area contributed by atoms with Gasteiger partial charge in [0.25, 0.3) is 0 Å². The molecule has 0 aliphatic carbocycles. The van der Waals surface area contributed by atoms with Crippen LogP contribution in [0.3, 0.4) is 0 Å². The van der Waals surface area contributed by atoms with E-state index in [9.17, 15) is 0 Å². The molecule has 0 bridgehead atoms. The minimum Gasteiger partial charge on any atom is -0.371 e. The summed E-state index contributed by atoms with van der Waals surface area (Å²) in [5.74, 6) is 0. The standard InChI is InChI=1S/C24H26N2/c1-18-8-6-9-20-10-7-11-21(24(18)20)12-13-22-16-23(19(2)17-25-22)26-14-4-3-5-15-26/h6-13,16-17H,3-5,14-15H2,1-2H3/b13-12+. The van der Waals surface area contributed by atoms with Gasteiger partial charge in [-0.2, -0.15) is 0 Å². The van der Waals surface area contributed by atoms with Crippen LogP contribution in [0.5, 0.6) is 0 Å². The molecule has 0 atom stereocenters. The molecule has 2 heterocycles. The SMILES string of the molecule is Cc1cnc(/C=C/c2cccc3cccc(C)c23)cc1N1CCCCC1. The predicted octanol–water partition coefficient (Wildman–Crippen LogP) is 6.01. The second-order valence-corrected chi connectivity index (χ2v) is 7.30. The van der Waals surface area contributed by atoms with E-state index in [-0.39, 0.29) is 0 Å². The summed E-state index contributed by atoms with van der Waals surface area (Å²) >= 11 is 0. The topological polar surface area (TPSA) is 16.1 Å². The summed E-state index contributed by atoms with van der Waals surface area (Å²) in [6.45, 7) is 6.67. The fourth-order valence-corrected chi connectivity index (χ4v) is 3.97. The minimum atomic E-state index is 1.03. The van der Waals surface area contributed by atoms with Crippen LogP contribution in [0, 0.1) is 13.8 Å². The fraction of sp³-hybridized carbons (Fsp3) is 0.292. The van der Waals surface area contributed by atoms with Gasteiger partial charge in [0.2, 0.25) is 0 Å². The van der Waals surface area contributed by atoms with Gasteiger partial charge in [-0.1, -0.05) is 42.5 Å². The van der Waals surface area contributed by atoms with Crippen LogP contribution in [0.4, 0.5) is 5.69 Å². The number of nitrogens with zero attached hydrogens (tertiary/aromatic N) is 2. The van der Waals surface area contributed by atoms with Crippen LogP contribution in [-0.4, -0.2) is 18.1 Å². The molecule has 1 aliphatic rings. The van der Waals surface area contributed by atoms with Gasteiger partial charge in [0, 0.05) is 25.0 Å². The van der Waals surface area contributed by atoms with Crippen LogP contribution in [0.2, 0.25) is 0 Å². The van der Waals surface area contributed by atoms with Crippen molar-refractivity contribution in [1.82, 2.24) is 4.98 Å². The Morgan fingerprint density at radius 3 is 2.46 bits per heavy atom. The highest BCUT2D eigenvalue weighted by atomic mass is 15.1. The first-order valence-corrected chi connectivity index (χ1v) is 9.60. The first-order valence-electron chi connectivity index (χ1n) is 9.60. The first-order chi connectivity index (χ1) is 12.7. The van der Waals surface area contributed by atoms with Gasteiger partial charge in [0.05, 0.1) is 5.69 Å². The third-order valence-electron chi connectivity index (χ3n) is 5.37. The molecule has 0 saturated carbocycles. The molecule has 0 amide bonds. The number of piperidine rings is 1. The second-order valence-electron chi connectivity index (χ2n) is 7.30. The summed E-state index contributed by atoms with van der Waals surface area (Å²) in [5, 5.41) is 2.62. The van der Waals surface area contributed by atoms with Crippen molar-refractivity contribution in [2.75, 3.05) is 18.0 Å². The van der Waals surface area contributed by atoms with Crippen molar-refractivity contribution in [2.24, 2.45) is 0 Å². The van der Waals surface area contributed by atoms with Crippen LogP contribution in [-0.2, 0) is 0 Å². The number of rotatable bonds is 3. The molecule has 2 aromatic carbocycles. The lowest BCUT2D eigenvalue weighted by Crippen LogP contribution is -2.30. The molecular formula is C24H26N2. The highest BCUT2D eigenvalue weighted by molar-refractivity contribution is 5.95. The minimum absolute atomic E-state index is 1.03. The number of hydrogen-bond donors (Lipinski definition) is 0. The van der Waals surface area contributed by atoms with Crippen molar-refractivity contribution in [3.05, 3.63) is 71.0 Å². The molecule has 0 spiro atoms. The van der Waals surface area contributed by atoms with E-state index in [1.807, 2.05) is 6.20 Å². The van der Waals surface area contributed by atoms with E-state index in [1.165, 1.54) is 52.4 Å². The van der Waals surface area contributed by atoms with Gasteiger partial charge < -0.3 is 4.90 Å². The largest absolute Gasteiger partial charge is 0.371 e. The molecule has 0 radical (unpaired) electrons. The zero-order valence-electron chi connectivity index (χ0n) is 15.7. The van der Waals surface area contributed by atoms with Crippen molar-refractivity contribution >= 4 is 28.6 Å². The van der Waals surface area contributed by atoms with Crippen LogP contribution in [0.25, 0.3) is 22.9 Å². The van der Waals surface area contributed by atoms with Crippen LogP contribution in [0.1, 0.15) is 41.6 Å². The zero-order valence-corrected chi connectivity index (χ0v) is 15.7. The summed E-state index contributed by atoms with van der Waals surface area (Å²) < 4.78 is 0. The number of hydrogen-bond acceptors (Lipinski definition) is 2. The molecule has 0 N–H and O–H groups in total. The number of pyridine rings is 1. The Labute approximate surface area is 156 Å². The van der Waals surface area contributed by atoms with E-state index in [1.54, 1.807) is 0 Å². The maximum absolute atomic E-state index is 4.64. The quantitative estimate of drug-likeness (QED) is 0.579. The Kier molecular flexibility index (Phi) is 4.75. The number of fused-ring (bicyclic) bond motifs is 1.